The second-order valence-electron chi connectivity index (χ2n) is 5.10. The molecule has 0 aromatic heterocycles. The van der Waals surface area contributed by atoms with Crippen molar-refractivity contribution in [3.05, 3.63) is 65.2 Å². The summed E-state index contributed by atoms with van der Waals surface area (Å²) in [6.07, 6.45) is 1.82. The highest BCUT2D eigenvalue weighted by Gasteiger charge is 2.03. The van der Waals surface area contributed by atoms with Crippen molar-refractivity contribution in [2.75, 3.05) is 25.1 Å². The summed E-state index contributed by atoms with van der Waals surface area (Å²) in [5.41, 5.74) is 3.83. The SMILES string of the molecule is CN(CCO)c1ccc(/C=C(/C#N)c2ccc(C#N)cc2)cc1. The summed E-state index contributed by atoms with van der Waals surface area (Å²) >= 11 is 0. The average Bonchev–Trinajstić information content (AvgIpc) is 2.60. The van der Waals surface area contributed by atoms with Gasteiger partial charge in [-0.15, -0.1) is 0 Å². The molecule has 0 aliphatic carbocycles. The number of hydrogen-bond donors (Lipinski definition) is 1. The predicted octanol–water partition coefficient (Wildman–Crippen LogP) is 3.05. The molecule has 0 bridgehead atoms. The van der Waals surface area contributed by atoms with Gasteiger partial charge in [-0.3, -0.25) is 0 Å². The van der Waals surface area contributed by atoms with Crippen molar-refractivity contribution in [3.8, 4) is 12.1 Å². The number of rotatable bonds is 5. The molecule has 4 nitrogen and oxygen atoms in total. The van der Waals surface area contributed by atoms with Gasteiger partial charge < -0.3 is 10.0 Å². The molecular formula is C19H17N3O. The van der Waals surface area contributed by atoms with E-state index < -0.39 is 0 Å². The van der Waals surface area contributed by atoms with Crippen LogP contribution in [0.3, 0.4) is 0 Å². The Kier molecular flexibility index (Phi) is 5.52. The Morgan fingerprint density at radius 1 is 1.09 bits per heavy atom. The minimum atomic E-state index is 0.107. The normalized spacial score (nSPS) is 10.7. The highest BCUT2D eigenvalue weighted by atomic mass is 16.3. The van der Waals surface area contributed by atoms with Gasteiger partial charge >= 0.3 is 0 Å². The minimum Gasteiger partial charge on any atom is -0.395 e. The van der Waals surface area contributed by atoms with Gasteiger partial charge in [-0.25, -0.2) is 0 Å². The number of aliphatic hydroxyl groups is 1. The second-order valence-corrected chi connectivity index (χ2v) is 5.10. The quantitative estimate of drug-likeness (QED) is 0.680. The number of nitriles is 2. The van der Waals surface area contributed by atoms with Crippen molar-refractivity contribution in [1.29, 1.82) is 10.5 Å². The number of allylic oxidation sites excluding steroid dienone is 1. The third kappa shape index (κ3) is 4.20. The molecule has 0 amide bonds. The Hall–Kier alpha value is -3.08. The maximum absolute atomic E-state index is 9.36. The molecule has 2 rings (SSSR count). The van der Waals surface area contributed by atoms with Gasteiger partial charge in [0.05, 0.1) is 29.9 Å². The molecule has 2 aromatic carbocycles. The van der Waals surface area contributed by atoms with E-state index in [1.54, 1.807) is 24.3 Å². The van der Waals surface area contributed by atoms with Crippen LogP contribution in [0.2, 0.25) is 0 Å². The van der Waals surface area contributed by atoms with Crippen molar-refractivity contribution in [1.82, 2.24) is 0 Å². The van der Waals surface area contributed by atoms with Crippen LogP contribution in [0.1, 0.15) is 16.7 Å². The molecule has 0 saturated heterocycles. The van der Waals surface area contributed by atoms with E-state index in [-0.39, 0.29) is 6.61 Å². The standard InChI is InChI=1S/C19H17N3O/c1-22(10-11-23)19-8-4-15(5-9-19)12-18(14-21)17-6-2-16(13-20)3-7-17/h2-9,12,23H,10-11H2,1H3/b18-12-. The van der Waals surface area contributed by atoms with Gasteiger partial charge in [-0.2, -0.15) is 10.5 Å². The largest absolute Gasteiger partial charge is 0.395 e. The molecular weight excluding hydrogens is 286 g/mol. The van der Waals surface area contributed by atoms with Gasteiger partial charge in [0.2, 0.25) is 0 Å². The first-order chi connectivity index (χ1) is 11.2. The number of benzene rings is 2. The van der Waals surface area contributed by atoms with E-state index in [1.165, 1.54) is 0 Å². The van der Waals surface area contributed by atoms with E-state index in [9.17, 15) is 5.26 Å². The highest BCUT2D eigenvalue weighted by molar-refractivity contribution is 5.89. The van der Waals surface area contributed by atoms with Crippen LogP contribution in [0.25, 0.3) is 11.6 Å². The van der Waals surface area contributed by atoms with E-state index in [1.807, 2.05) is 42.3 Å². The summed E-state index contributed by atoms with van der Waals surface area (Å²) < 4.78 is 0. The molecule has 0 unspecified atom stereocenters. The van der Waals surface area contributed by atoms with Crippen LogP contribution in [0, 0.1) is 22.7 Å². The molecule has 0 fully saturated rings. The predicted molar refractivity (Wildman–Crippen MR) is 91.4 cm³/mol. The van der Waals surface area contributed by atoms with Crippen molar-refractivity contribution in [3.63, 3.8) is 0 Å². The van der Waals surface area contributed by atoms with Gasteiger partial charge in [0, 0.05) is 19.3 Å². The fourth-order valence-corrected chi connectivity index (χ4v) is 2.18. The van der Waals surface area contributed by atoms with Gasteiger partial charge in [0.1, 0.15) is 0 Å². The van der Waals surface area contributed by atoms with Crippen LogP contribution in [0.5, 0.6) is 0 Å². The first-order valence-corrected chi connectivity index (χ1v) is 7.22. The van der Waals surface area contributed by atoms with Crippen molar-refractivity contribution in [2.24, 2.45) is 0 Å². The number of hydrogen-bond acceptors (Lipinski definition) is 4. The lowest BCUT2D eigenvalue weighted by molar-refractivity contribution is 0.304. The Morgan fingerprint density at radius 3 is 2.26 bits per heavy atom. The maximum atomic E-state index is 9.36. The summed E-state index contributed by atoms with van der Waals surface area (Å²) in [5, 5.41) is 27.1. The van der Waals surface area contributed by atoms with Crippen LogP contribution in [-0.2, 0) is 0 Å². The zero-order chi connectivity index (χ0) is 16.7. The molecule has 0 heterocycles. The molecule has 0 radical (unpaired) electrons. The third-order valence-electron chi connectivity index (χ3n) is 3.53. The van der Waals surface area contributed by atoms with Crippen LogP contribution in [0.15, 0.2) is 48.5 Å². The van der Waals surface area contributed by atoms with Crippen molar-refractivity contribution >= 4 is 17.3 Å². The molecule has 4 heteroatoms. The molecule has 2 aromatic rings. The zero-order valence-electron chi connectivity index (χ0n) is 12.9. The zero-order valence-corrected chi connectivity index (χ0v) is 12.9. The molecule has 114 valence electrons. The van der Waals surface area contributed by atoms with E-state index in [0.29, 0.717) is 17.7 Å². The number of nitrogens with zero attached hydrogens (tertiary/aromatic N) is 3. The Labute approximate surface area is 136 Å². The van der Waals surface area contributed by atoms with Crippen LogP contribution >= 0.6 is 0 Å². The molecule has 23 heavy (non-hydrogen) atoms. The number of anilines is 1. The fourth-order valence-electron chi connectivity index (χ4n) is 2.18. The maximum Gasteiger partial charge on any atom is 0.0998 e. The van der Waals surface area contributed by atoms with Gasteiger partial charge in [0.25, 0.3) is 0 Å². The lowest BCUT2D eigenvalue weighted by atomic mass is 10.0. The molecule has 1 N–H and O–H groups in total. The first kappa shape index (κ1) is 16.3. The summed E-state index contributed by atoms with van der Waals surface area (Å²) in [7, 11) is 1.92. The van der Waals surface area contributed by atoms with Gasteiger partial charge in [-0.1, -0.05) is 24.3 Å². The van der Waals surface area contributed by atoms with E-state index in [2.05, 4.69) is 12.1 Å². The molecule has 0 atom stereocenters. The van der Waals surface area contributed by atoms with Crippen LogP contribution < -0.4 is 4.90 Å². The van der Waals surface area contributed by atoms with E-state index >= 15 is 0 Å². The molecule has 0 aliphatic heterocycles. The van der Waals surface area contributed by atoms with E-state index in [4.69, 9.17) is 10.4 Å². The number of likely N-dealkylation sites (N-methyl/N-ethyl adjacent to an activating group) is 1. The van der Waals surface area contributed by atoms with Gasteiger partial charge in [0.15, 0.2) is 0 Å². The lowest BCUT2D eigenvalue weighted by Gasteiger charge is -2.17. The molecule has 0 spiro atoms. The Morgan fingerprint density at radius 2 is 1.74 bits per heavy atom. The minimum absolute atomic E-state index is 0.107. The van der Waals surface area contributed by atoms with Crippen LogP contribution in [-0.4, -0.2) is 25.3 Å². The molecule has 0 aliphatic rings. The van der Waals surface area contributed by atoms with E-state index in [0.717, 1.165) is 16.8 Å². The Balaban J connectivity index is 2.24. The smallest absolute Gasteiger partial charge is 0.0998 e. The van der Waals surface area contributed by atoms with Crippen molar-refractivity contribution < 1.29 is 5.11 Å². The highest BCUT2D eigenvalue weighted by Crippen LogP contribution is 2.20. The second kappa shape index (κ2) is 7.79. The first-order valence-electron chi connectivity index (χ1n) is 7.22. The van der Waals surface area contributed by atoms with Crippen LogP contribution in [0.4, 0.5) is 5.69 Å². The molecule has 0 saturated carbocycles. The van der Waals surface area contributed by atoms with Gasteiger partial charge in [-0.05, 0) is 41.5 Å². The lowest BCUT2D eigenvalue weighted by Crippen LogP contribution is -2.20. The third-order valence-corrected chi connectivity index (χ3v) is 3.53. The summed E-state index contributed by atoms with van der Waals surface area (Å²) in [5.74, 6) is 0. The van der Waals surface area contributed by atoms with Crippen molar-refractivity contribution in [2.45, 2.75) is 0 Å². The monoisotopic (exact) mass is 303 g/mol. The fraction of sp³-hybridized carbons (Fsp3) is 0.158. The summed E-state index contributed by atoms with van der Waals surface area (Å²) in [6, 6.07) is 19.0. The number of aliphatic hydroxyl groups excluding tert-OH is 1. The summed E-state index contributed by atoms with van der Waals surface area (Å²) in [4.78, 5) is 1.96. The average molecular weight is 303 g/mol. The Bertz CT molecular complexity index is 762. The topological polar surface area (TPSA) is 71.0 Å². The summed E-state index contributed by atoms with van der Waals surface area (Å²) in [6.45, 7) is 0.680.